The number of thiazole rings is 1. The molecule has 1 saturated heterocycles. The molecule has 1 aliphatic rings. The molecule has 100 valence electrons. The molecule has 0 aliphatic carbocycles. The molecule has 5 nitrogen and oxygen atoms in total. The fourth-order valence-corrected chi connectivity index (χ4v) is 3.14. The van der Waals surface area contributed by atoms with Crippen LogP contribution in [-0.2, 0) is 11.2 Å². The maximum Gasteiger partial charge on any atom is 0.222 e. The highest BCUT2D eigenvalue weighted by Gasteiger charge is 2.20. The smallest absolute Gasteiger partial charge is 0.222 e. The Bertz CT molecular complexity index is 595. The minimum atomic E-state index is 0.260. The lowest BCUT2D eigenvalue weighted by Crippen LogP contribution is -2.26. The molecule has 3 heterocycles. The number of halogens is 1. The van der Waals surface area contributed by atoms with E-state index in [2.05, 4.69) is 26.1 Å². The van der Waals surface area contributed by atoms with Crippen LogP contribution in [0.3, 0.4) is 0 Å². The summed E-state index contributed by atoms with van der Waals surface area (Å²) in [6.07, 6.45) is 2.47. The molecular formula is C12H12BrN3O2S. The minimum Gasteiger partial charge on any atom is -0.353 e. The summed E-state index contributed by atoms with van der Waals surface area (Å²) in [5.41, 5.74) is 0.797. The van der Waals surface area contributed by atoms with Crippen molar-refractivity contribution >= 4 is 33.2 Å². The predicted octanol–water partition coefficient (Wildman–Crippen LogP) is 2.73. The number of likely N-dealkylation sites (tertiary alicyclic amines) is 1. The Morgan fingerprint density at radius 1 is 1.53 bits per heavy atom. The predicted molar refractivity (Wildman–Crippen MR) is 74.8 cm³/mol. The number of carbonyl (C=O) groups excluding carboxylic acids is 1. The number of aromatic nitrogens is 2. The van der Waals surface area contributed by atoms with Gasteiger partial charge in [0, 0.05) is 37.4 Å². The first-order chi connectivity index (χ1) is 9.22. The standard InChI is InChI=1S/C12H12BrN3O2S/c13-10-6-9(18-15-10)8-7-19-11(14-8)3-5-16-4-1-2-12(16)17/h6-7H,1-5H2. The molecule has 1 aliphatic heterocycles. The second-order valence-corrected chi connectivity index (χ2v) is 6.13. The fraction of sp³-hybridized carbons (Fsp3) is 0.417. The van der Waals surface area contributed by atoms with Crippen LogP contribution in [0, 0.1) is 0 Å². The molecule has 2 aromatic heterocycles. The van der Waals surface area contributed by atoms with Crippen LogP contribution in [0.15, 0.2) is 20.6 Å². The zero-order valence-electron chi connectivity index (χ0n) is 10.1. The SMILES string of the molecule is O=C1CCCN1CCc1nc(-c2cc(Br)no2)cs1. The van der Waals surface area contributed by atoms with Crippen LogP contribution in [0.5, 0.6) is 0 Å². The summed E-state index contributed by atoms with van der Waals surface area (Å²) in [4.78, 5) is 17.9. The number of hydrogen-bond donors (Lipinski definition) is 0. The zero-order valence-corrected chi connectivity index (χ0v) is 12.5. The maximum absolute atomic E-state index is 11.5. The van der Waals surface area contributed by atoms with E-state index < -0.39 is 0 Å². The van der Waals surface area contributed by atoms with Crippen LogP contribution < -0.4 is 0 Å². The first-order valence-corrected chi connectivity index (χ1v) is 7.74. The highest BCUT2D eigenvalue weighted by molar-refractivity contribution is 9.10. The molecule has 1 fully saturated rings. The van der Waals surface area contributed by atoms with E-state index >= 15 is 0 Å². The van der Waals surface area contributed by atoms with E-state index in [1.165, 1.54) is 0 Å². The molecule has 19 heavy (non-hydrogen) atoms. The highest BCUT2D eigenvalue weighted by atomic mass is 79.9. The van der Waals surface area contributed by atoms with E-state index in [0.717, 1.165) is 36.6 Å². The van der Waals surface area contributed by atoms with E-state index in [4.69, 9.17) is 4.52 Å². The molecule has 0 spiro atoms. The van der Waals surface area contributed by atoms with Gasteiger partial charge in [0.2, 0.25) is 5.91 Å². The van der Waals surface area contributed by atoms with Gasteiger partial charge in [-0.2, -0.15) is 0 Å². The van der Waals surface area contributed by atoms with Gasteiger partial charge in [0.15, 0.2) is 5.76 Å². The van der Waals surface area contributed by atoms with Crippen molar-refractivity contribution in [2.45, 2.75) is 19.3 Å². The third-order valence-electron chi connectivity index (χ3n) is 3.05. The minimum absolute atomic E-state index is 0.260. The third kappa shape index (κ3) is 2.87. The average molecular weight is 342 g/mol. The summed E-state index contributed by atoms with van der Waals surface area (Å²) in [7, 11) is 0. The molecule has 0 saturated carbocycles. The average Bonchev–Trinajstić information content (AvgIpc) is 3.08. The topological polar surface area (TPSA) is 59.2 Å². The van der Waals surface area contributed by atoms with Gasteiger partial charge in [0.05, 0.1) is 5.01 Å². The summed E-state index contributed by atoms with van der Waals surface area (Å²) in [6.45, 7) is 1.64. The molecule has 2 aromatic rings. The van der Waals surface area contributed by atoms with Gasteiger partial charge in [-0.25, -0.2) is 4.98 Å². The second kappa shape index (κ2) is 5.42. The quantitative estimate of drug-likeness (QED) is 0.857. The Labute approximate surface area is 122 Å². The first-order valence-electron chi connectivity index (χ1n) is 6.07. The normalized spacial score (nSPS) is 15.4. The number of amides is 1. The van der Waals surface area contributed by atoms with Gasteiger partial charge in [0.1, 0.15) is 10.3 Å². The van der Waals surface area contributed by atoms with Gasteiger partial charge in [-0.05, 0) is 22.4 Å². The molecule has 0 aromatic carbocycles. The van der Waals surface area contributed by atoms with E-state index in [9.17, 15) is 4.79 Å². The van der Waals surface area contributed by atoms with E-state index in [1.54, 1.807) is 17.4 Å². The Balaban J connectivity index is 1.63. The van der Waals surface area contributed by atoms with Crippen LogP contribution >= 0.6 is 27.3 Å². The van der Waals surface area contributed by atoms with E-state index in [0.29, 0.717) is 16.8 Å². The van der Waals surface area contributed by atoms with Crippen LogP contribution in [0.2, 0.25) is 0 Å². The summed E-state index contributed by atoms with van der Waals surface area (Å²) in [5, 5.41) is 6.74. The lowest BCUT2D eigenvalue weighted by Gasteiger charge is -2.13. The lowest BCUT2D eigenvalue weighted by atomic mass is 10.3. The van der Waals surface area contributed by atoms with Gasteiger partial charge in [-0.3, -0.25) is 4.79 Å². The summed E-state index contributed by atoms with van der Waals surface area (Å²) in [5.74, 6) is 0.919. The molecular weight excluding hydrogens is 330 g/mol. The Morgan fingerprint density at radius 3 is 3.11 bits per heavy atom. The summed E-state index contributed by atoms with van der Waals surface area (Å²) in [6, 6.07) is 1.79. The second-order valence-electron chi connectivity index (χ2n) is 4.37. The van der Waals surface area contributed by atoms with Crippen molar-refractivity contribution in [2.24, 2.45) is 0 Å². The Morgan fingerprint density at radius 2 is 2.42 bits per heavy atom. The first kappa shape index (κ1) is 12.8. The van der Waals surface area contributed by atoms with Gasteiger partial charge in [0.25, 0.3) is 0 Å². The number of hydrogen-bond acceptors (Lipinski definition) is 5. The molecule has 0 bridgehead atoms. The number of rotatable bonds is 4. The molecule has 0 unspecified atom stereocenters. The van der Waals surface area contributed by atoms with Gasteiger partial charge in [-0.15, -0.1) is 11.3 Å². The molecule has 1 amide bonds. The molecule has 0 atom stereocenters. The van der Waals surface area contributed by atoms with Gasteiger partial charge >= 0.3 is 0 Å². The fourth-order valence-electron chi connectivity index (χ4n) is 2.08. The molecule has 3 rings (SSSR count). The Hall–Kier alpha value is -1.21. The van der Waals surface area contributed by atoms with Crippen molar-refractivity contribution in [3.8, 4) is 11.5 Å². The molecule has 0 N–H and O–H groups in total. The Kier molecular flexibility index (Phi) is 3.65. The number of nitrogens with zero attached hydrogens (tertiary/aromatic N) is 3. The van der Waals surface area contributed by atoms with Crippen LogP contribution in [0.4, 0.5) is 0 Å². The largest absolute Gasteiger partial charge is 0.353 e. The van der Waals surface area contributed by atoms with E-state index in [-0.39, 0.29) is 5.91 Å². The molecule has 0 radical (unpaired) electrons. The van der Waals surface area contributed by atoms with Crippen molar-refractivity contribution in [2.75, 3.05) is 13.1 Å². The lowest BCUT2D eigenvalue weighted by molar-refractivity contribution is -0.127. The third-order valence-corrected chi connectivity index (χ3v) is 4.33. The van der Waals surface area contributed by atoms with Crippen molar-refractivity contribution < 1.29 is 9.32 Å². The van der Waals surface area contributed by atoms with Crippen LogP contribution in [-0.4, -0.2) is 34.0 Å². The van der Waals surface area contributed by atoms with Gasteiger partial charge in [-0.1, -0.05) is 5.16 Å². The van der Waals surface area contributed by atoms with Crippen molar-refractivity contribution in [1.29, 1.82) is 0 Å². The summed E-state index contributed by atoms with van der Waals surface area (Å²) >= 11 is 4.83. The monoisotopic (exact) mass is 341 g/mol. The molecule has 7 heteroatoms. The van der Waals surface area contributed by atoms with Crippen molar-refractivity contribution in [3.05, 3.63) is 21.1 Å². The van der Waals surface area contributed by atoms with Crippen molar-refractivity contribution in [1.82, 2.24) is 15.0 Å². The maximum atomic E-state index is 11.5. The van der Waals surface area contributed by atoms with Crippen molar-refractivity contribution in [3.63, 3.8) is 0 Å². The highest BCUT2D eigenvalue weighted by Crippen LogP contribution is 2.24. The zero-order chi connectivity index (χ0) is 13.2. The van der Waals surface area contributed by atoms with Crippen LogP contribution in [0.1, 0.15) is 17.8 Å². The van der Waals surface area contributed by atoms with Gasteiger partial charge < -0.3 is 9.42 Å². The number of carbonyl (C=O) groups is 1. The van der Waals surface area contributed by atoms with E-state index in [1.807, 2.05) is 10.3 Å². The van der Waals surface area contributed by atoms with Crippen LogP contribution in [0.25, 0.3) is 11.5 Å². The summed E-state index contributed by atoms with van der Waals surface area (Å²) < 4.78 is 5.81.